The largest absolute Gasteiger partial charge is 0.379 e. The quantitative estimate of drug-likeness (QED) is 0.291. The van der Waals surface area contributed by atoms with Crippen molar-refractivity contribution in [3.05, 3.63) is 71.5 Å². The minimum atomic E-state index is -3.51. The normalized spacial score (nSPS) is 14.5. The lowest BCUT2D eigenvalue weighted by molar-refractivity contribution is 0.0917. The molecular weight excluding hydrogens is 540 g/mol. The van der Waals surface area contributed by atoms with E-state index < -0.39 is 10.0 Å². The van der Waals surface area contributed by atoms with Gasteiger partial charge >= 0.3 is 0 Å². The highest BCUT2D eigenvalue weighted by Crippen LogP contribution is 2.32. The average molecular weight is 573 g/mol. The first-order valence-electron chi connectivity index (χ1n) is 13.3. The molecule has 4 aromatic rings. The Hall–Kier alpha value is -4.47. The molecule has 0 atom stereocenters. The van der Waals surface area contributed by atoms with Crippen molar-refractivity contribution in [1.82, 2.24) is 25.2 Å². The first kappa shape index (κ1) is 28.1. The summed E-state index contributed by atoms with van der Waals surface area (Å²) in [5, 5.41) is 17.0. The number of piperidine rings is 1. The summed E-state index contributed by atoms with van der Waals surface area (Å²) >= 11 is 0. The first-order valence-corrected chi connectivity index (χ1v) is 15.1. The molecular formula is C29H32N8O3S. The fourth-order valence-corrected chi connectivity index (χ4v) is 5.43. The van der Waals surface area contributed by atoms with Crippen LogP contribution in [-0.2, 0) is 16.6 Å². The molecule has 212 valence electrons. The number of aromatic nitrogens is 3. The van der Waals surface area contributed by atoms with E-state index in [-0.39, 0.29) is 18.5 Å². The number of sulfonamides is 1. The second kappa shape index (κ2) is 11.6. The van der Waals surface area contributed by atoms with Crippen molar-refractivity contribution in [2.45, 2.75) is 25.4 Å². The van der Waals surface area contributed by atoms with Crippen LogP contribution >= 0.6 is 0 Å². The SMILES string of the molecule is CN1CCC(NC(=O)c2cccc(-c3cc4c(NCc5cccnc5N(C)S(C)(=O)=O)c(C#N)cnc4[nH]3)c2)CC1. The van der Waals surface area contributed by atoms with Crippen molar-refractivity contribution in [1.29, 1.82) is 5.26 Å². The molecule has 1 aromatic carbocycles. The molecule has 1 fully saturated rings. The number of fused-ring (bicyclic) bond motifs is 1. The van der Waals surface area contributed by atoms with Gasteiger partial charge < -0.3 is 20.5 Å². The number of hydrogen-bond donors (Lipinski definition) is 3. The van der Waals surface area contributed by atoms with Gasteiger partial charge in [-0.15, -0.1) is 0 Å². The third-order valence-electron chi connectivity index (χ3n) is 7.39. The van der Waals surface area contributed by atoms with Crippen LogP contribution in [0.2, 0.25) is 0 Å². The number of nitriles is 1. The number of pyridine rings is 2. The van der Waals surface area contributed by atoms with Gasteiger partial charge in [-0.3, -0.25) is 9.10 Å². The number of nitrogens with one attached hydrogen (secondary N) is 3. The summed E-state index contributed by atoms with van der Waals surface area (Å²) in [6, 6.07) is 15.2. The maximum Gasteiger partial charge on any atom is 0.251 e. The summed E-state index contributed by atoms with van der Waals surface area (Å²) in [5.41, 5.74) is 4.26. The van der Waals surface area contributed by atoms with Crippen molar-refractivity contribution < 1.29 is 13.2 Å². The van der Waals surface area contributed by atoms with Crippen LogP contribution in [-0.4, -0.2) is 73.7 Å². The maximum atomic E-state index is 13.0. The number of anilines is 2. The van der Waals surface area contributed by atoms with E-state index in [4.69, 9.17) is 0 Å². The molecule has 41 heavy (non-hydrogen) atoms. The molecule has 0 unspecified atom stereocenters. The number of rotatable bonds is 8. The van der Waals surface area contributed by atoms with E-state index in [9.17, 15) is 18.5 Å². The zero-order chi connectivity index (χ0) is 29.1. The van der Waals surface area contributed by atoms with E-state index in [0.717, 1.165) is 47.7 Å². The predicted octanol–water partition coefficient (Wildman–Crippen LogP) is 3.33. The molecule has 4 heterocycles. The van der Waals surface area contributed by atoms with E-state index in [1.165, 1.54) is 19.4 Å². The van der Waals surface area contributed by atoms with Crippen LogP contribution in [0.15, 0.2) is 54.9 Å². The van der Waals surface area contributed by atoms with Gasteiger partial charge in [0.15, 0.2) is 0 Å². The third kappa shape index (κ3) is 6.16. The van der Waals surface area contributed by atoms with E-state index in [0.29, 0.717) is 39.2 Å². The number of carbonyl (C=O) groups is 1. The molecule has 0 aliphatic carbocycles. The second-order valence-corrected chi connectivity index (χ2v) is 12.3. The molecule has 3 aromatic heterocycles. The number of nitrogens with zero attached hydrogens (tertiary/aromatic N) is 5. The summed E-state index contributed by atoms with van der Waals surface area (Å²) in [6.45, 7) is 2.15. The first-order chi connectivity index (χ1) is 19.6. The Morgan fingerprint density at radius 1 is 1.20 bits per heavy atom. The molecule has 0 radical (unpaired) electrons. The van der Waals surface area contributed by atoms with Gasteiger partial charge in [0.2, 0.25) is 10.0 Å². The number of benzene rings is 1. The third-order valence-corrected chi connectivity index (χ3v) is 8.56. The number of carbonyl (C=O) groups excluding carboxylic acids is 1. The average Bonchev–Trinajstić information content (AvgIpc) is 3.41. The lowest BCUT2D eigenvalue weighted by Gasteiger charge is -2.29. The molecule has 1 aliphatic rings. The van der Waals surface area contributed by atoms with Crippen molar-refractivity contribution in [2.75, 3.05) is 43.1 Å². The second-order valence-electron chi connectivity index (χ2n) is 10.3. The Kier molecular flexibility index (Phi) is 7.92. The Labute approximate surface area is 239 Å². The zero-order valence-electron chi connectivity index (χ0n) is 23.2. The van der Waals surface area contributed by atoms with Gasteiger partial charge in [-0.2, -0.15) is 5.26 Å². The van der Waals surface area contributed by atoms with Gasteiger partial charge in [0, 0.05) is 54.2 Å². The number of likely N-dealkylation sites (tertiary alicyclic amines) is 1. The summed E-state index contributed by atoms with van der Waals surface area (Å²) in [6.07, 6.45) is 6.00. The van der Waals surface area contributed by atoms with Crippen LogP contribution in [0, 0.1) is 11.3 Å². The molecule has 1 amide bonds. The van der Waals surface area contributed by atoms with Crippen LogP contribution in [0.5, 0.6) is 0 Å². The van der Waals surface area contributed by atoms with Crippen LogP contribution < -0.4 is 14.9 Å². The highest BCUT2D eigenvalue weighted by atomic mass is 32.2. The minimum Gasteiger partial charge on any atom is -0.379 e. The fourth-order valence-electron chi connectivity index (χ4n) is 4.95. The van der Waals surface area contributed by atoms with Gasteiger partial charge in [-0.25, -0.2) is 18.4 Å². The van der Waals surface area contributed by atoms with Crippen LogP contribution in [0.3, 0.4) is 0 Å². The van der Waals surface area contributed by atoms with E-state index >= 15 is 0 Å². The van der Waals surface area contributed by atoms with Crippen molar-refractivity contribution >= 4 is 38.5 Å². The van der Waals surface area contributed by atoms with Crippen molar-refractivity contribution in [2.24, 2.45) is 0 Å². The molecule has 0 bridgehead atoms. The highest BCUT2D eigenvalue weighted by Gasteiger charge is 2.21. The molecule has 0 spiro atoms. The molecule has 1 saturated heterocycles. The highest BCUT2D eigenvalue weighted by molar-refractivity contribution is 7.92. The molecule has 12 heteroatoms. The Bertz CT molecular complexity index is 1740. The van der Waals surface area contributed by atoms with E-state index in [2.05, 4.69) is 43.6 Å². The summed E-state index contributed by atoms with van der Waals surface area (Å²) < 4.78 is 25.4. The zero-order valence-corrected chi connectivity index (χ0v) is 24.0. The number of H-pyrrole nitrogens is 1. The fraction of sp³-hybridized carbons (Fsp3) is 0.310. The number of aromatic amines is 1. The smallest absolute Gasteiger partial charge is 0.251 e. The standard InChI is InChI=1S/C29H32N8O3S/c1-36-12-9-23(10-13-36)34-29(38)20-7-4-6-19(14-20)25-15-24-26(22(16-30)18-33-27(24)35-25)32-17-21-8-5-11-31-28(21)37(2)41(3,39)40/h4-8,11,14-15,18,23H,9-10,12-13,17H2,1-3H3,(H,34,38)(H2,32,33,35). The molecule has 3 N–H and O–H groups in total. The van der Waals surface area contributed by atoms with Crippen molar-refractivity contribution in [3.8, 4) is 17.3 Å². The summed E-state index contributed by atoms with van der Waals surface area (Å²) in [4.78, 5) is 27.3. The van der Waals surface area contributed by atoms with Crippen LogP contribution in [0.4, 0.5) is 11.5 Å². The maximum absolute atomic E-state index is 13.0. The van der Waals surface area contributed by atoms with Gasteiger partial charge in [-0.05, 0) is 62.8 Å². The molecule has 5 rings (SSSR count). The monoisotopic (exact) mass is 572 g/mol. The molecule has 11 nitrogen and oxygen atoms in total. The predicted molar refractivity (Wildman–Crippen MR) is 159 cm³/mol. The molecule has 1 aliphatic heterocycles. The number of hydrogen-bond acceptors (Lipinski definition) is 8. The lowest BCUT2D eigenvalue weighted by atomic mass is 10.0. The van der Waals surface area contributed by atoms with Gasteiger partial charge in [0.1, 0.15) is 17.5 Å². The summed E-state index contributed by atoms with van der Waals surface area (Å²) in [5.74, 6) is 0.201. The van der Waals surface area contributed by atoms with Gasteiger partial charge in [0.25, 0.3) is 5.91 Å². The van der Waals surface area contributed by atoms with Gasteiger partial charge in [0.05, 0.1) is 17.5 Å². The molecule has 0 saturated carbocycles. The lowest BCUT2D eigenvalue weighted by Crippen LogP contribution is -2.43. The number of amides is 1. The summed E-state index contributed by atoms with van der Waals surface area (Å²) in [7, 11) is 0.0285. The van der Waals surface area contributed by atoms with Crippen LogP contribution in [0.25, 0.3) is 22.3 Å². The van der Waals surface area contributed by atoms with Gasteiger partial charge in [-0.1, -0.05) is 18.2 Å². The Morgan fingerprint density at radius 3 is 2.71 bits per heavy atom. The minimum absolute atomic E-state index is 0.101. The Balaban J connectivity index is 1.42. The topological polar surface area (TPSA) is 147 Å². The Morgan fingerprint density at radius 2 is 1.98 bits per heavy atom. The van der Waals surface area contributed by atoms with E-state index in [1.807, 2.05) is 24.3 Å². The van der Waals surface area contributed by atoms with Crippen LogP contribution in [0.1, 0.15) is 34.3 Å². The van der Waals surface area contributed by atoms with Crippen molar-refractivity contribution in [3.63, 3.8) is 0 Å². The van der Waals surface area contributed by atoms with E-state index in [1.54, 1.807) is 18.2 Å².